The molecular formula is C35H25N5. The van der Waals surface area contributed by atoms with Crippen molar-refractivity contribution >= 4 is 21.8 Å². The van der Waals surface area contributed by atoms with Crippen molar-refractivity contribution in [3.63, 3.8) is 0 Å². The number of fused-ring (bicyclic) bond motifs is 3. The van der Waals surface area contributed by atoms with Crippen molar-refractivity contribution in [2.75, 3.05) is 0 Å². The van der Waals surface area contributed by atoms with E-state index in [1.165, 1.54) is 0 Å². The minimum absolute atomic E-state index is 0.662. The van der Waals surface area contributed by atoms with Crippen molar-refractivity contribution in [1.82, 2.24) is 24.9 Å². The second-order valence-corrected chi connectivity index (χ2v) is 9.92. The van der Waals surface area contributed by atoms with Crippen LogP contribution in [0.1, 0.15) is 11.4 Å². The summed E-state index contributed by atoms with van der Waals surface area (Å²) in [6.07, 6.45) is 1.79. The fourth-order valence-corrected chi connectivity index (χ4v) is 5.11. The highest BCUT2D eigenvalue weighted by atomic mass is 14.9. The molecule has 4 aromatic heterocycles. The van der Waals surface area contributed by atoms with Crippen LogP contribution in [0, 0.1) is 13.8 Å². The predicted molar refractivity (Wildman–Crippen MR) is 162 cm³/mol. The van der Waals surface area contributed by atoms with Gasteiger partial charge in [-0.05, 0) is 55.3 Å². The Morgan fingerprint density at radius 2 is 1.20 bits per heavy atom. The summed E-state index contributed by atoms with van der Waals surface area (Å²) in [5.41, 5.74) is 10.5. The number of pyridine rings is 3. The van der Waals surface area contributed by atoms with Crippen LogP contribution in [-0.2, 0) is 0 Å². The number of hydrogen-bond acceptors (Lipinski definition) is 5. The summed E-state index contributed by atoms with van der Waals surface area (Å²) in [5, 5.41) is 2.18. The van der Waals surface area contributed by atoms with E-state index in [1.54, 1.807) is 6.20 Å². The van der Waals surface area contributed by atoms with Crippen molar-refractivity contribution < 1.29 is 0 Å². The number of aryl methyl sites for hydroxylation is 2. The van der Waals surface area contributed by atoms with E-state index in [-0.39, 0.29) is 0 Å². The summed E-state index contributed by atoms with van der Waals surface area (Å²) in [6, 6.07) is 37.1. The summed E-state index contributed by atoms with van der Waals surface area (Å²) in [5.74, 6) is 0.662. The van der Waals surface area contributed by atoms with Gasteiger partial charge in [0.1, 0.15) is 0 Å². The highest BCUT2D eigenvalue weighted by Gasteiger charge is 2.14. The van der Waals surface area contributed by atoms with E-state index in [2.05, 4.69) is 65.6 Å². The number of hydrogen-bond donors (Lipinski definition) is 0. The van der Waals surface area contributed by atoms with Crippen LogP contribution in [0.5, 0.6) is 0 Å². The molecule has 0 fully saturated rings. The molecule has 0 saturated heterocycles. The molecule has 0 aliphatic carbocycles. The molecule has 0 radical (unpaired) electrons. The maximum atomic E-state index is 4.95. The zero-order chi connectivity index (χ0) is 27.1. The highest BCUT2D eigenvalue weighted by molar-refractivity contribution is 6.08. The van der Waals surface area contributed by atoms with E-state index >= 15 is 0 Å². The molecule has 0 spiro atoms. The summed E-state index contributed by atoms with van der Waals surface area (Å²) < 4.78 is 0. The zero-order valence-electron chi connectivity index (χ0n) is 22.2. The average molecular weight is 516 g/mol. The maximum absolute atomic E-state index is 4.95. The molecule has 4 heterocycles. The van der Waals surface area contributed by atoms with Crippen molar-refractivity contribution in [2.45, 2.75) is 13.8 Å². The lowest BCUT2D eigenvalue weighted by atomic mass is 9.97. The summed E-state index contributed by atoms with van der Waals surface area (Å²) in [7, 11) is 0. The minimum Gasteiger partial charge on any atom is -0.255 e. The molecule has 0 unspecified atom stereocenters. The van der Waals surface area contributed by atoms with Crippen molar-refractivity contribution in [3.8, 4) is 45.2 Å². The van der Waals surface area contributed by atoms with E-state index < -0.39 is 0 Å². The third-order valence-electron chi connectivity index (χ3n) is 7.08. The molecule has 0 saturated carbocycles. The molecule has 5 heteroatoms. The quantitative estimate of drug-likeness (QED) is 0.221. The molecule has 0 aliphatic heterocycles. The third-order valence-corrected chi connectivity index (χ3v) is 7.08. The molecule has 40 heavy (non-hydrogen) atoms. The Morgan fingerprint density at radius 1 is 0.475 bits per heavy atom. The summed E-state index contributed by atoms with van der Waals surface area (Å²) in [4.78, 5) is 24.1. The second kappa shape index (κ2) is 9.79. The lowest BCUT2D eigenvalue weighted by Gasteiger charge is -2.12. The van der Waals surface area contributed by atoms with E-state index in [9.17, 15) is 0 Å². The Hall–Kier alpha value is -5.29. The van der Waals surface area contributed by atoms with Gasteiger partial charge in [-0.15, -0.1) is 0 Å². The summed E-state index contributed by atoms with van der Waals surface area (Å²) >= 11 is 0. The van der Waals surface area contributed by atoms with Gasteiger partial charge in [0, 0.05) is 39.5 Å². The van der Waals surface area contributed by atoms with Gasteiger partial charge in [0.05, 0.1) is 28.1 Å². The average Bonchev–Trinajstić information content (AvgIpc) is 3.01. The van der Waals surface area contributed by atoms with Gasteiger partial charge < -0.3 is 0 Å². The van der Waals surface area contributed by atoms with Crippen LogP contribution in [0.4, 0.5) is 0 Å². The fourth-order valence-electron chi connectivity index (χ4n) is 5.11. The van der Waals surface area contributed by atoms with Gasteiger partial charge in [0.2, 0.25) is 0 Å². The van der Waals surface area contributed by atoms with Crippen LogP contribution in [0.15, 0.2) is 115 Å². The normalized spacial score (nSPS) is 11.2. The van der Waals surface area contributed by atoms with Crippen LogP contribution < -0.4 is 0 Å². The lowest BCUT2D eigenvalue weighted by molar-refractivity contribution is 1.16. The van der Waals surface area contributed by atoms with Crippen LogP contribution in [0.2, 0.25) is 0 Å². The number of benzene rings is 3. The Bertz CT molecular complexity index is 1940. The minimum atomic E-state index is 0.662. The van der Waals surface area contributed by atoms with Gasteiger partial charge in [-0.3, -0.25) is 15.0 Å². The SMILES string of the molecule is Cc1ccc2ccc3c(-c4ccc(-c5nc(-c6ccccc6)cc(-c6ccccn6)n5)cc4)cc(C)nc3c2n1. The summed E-state index contributed by atoms with van der Waals surface area (Å²) in [6.45, 7) is 4.05. The molecule has 7 aromatic rings. The standard InChI is InChI=1S/C35H25N5/c1-22-11-12-26-17-18-28-29(20-23(2)38-34(28)33(26)37-22)24-13-15-27(16-14-24)35-39-31(25-8-4-3-5-9-25)21-32(40-35)30-10-6-7-19-36-30/h3-21H,1-2H3. The van der Waals surface area contributed by atoms with E-state index in [1.807, 2.05) is 62.4 Å². The molecule has 0 N–H and O–H groups in total. The van der Waals surface area contributed by atoms with E-state index in [4.69, 9.17) is 19.9 Å². The predicted octanol–water partition coefficient (Wildman–Crippen LogP) is 8.25. The monoisotopic (exact) mass is 515 g/mol. The first-order valence-corrected chi connectivity index (χ1v) is 13.3. The molecule has 0 bridgehead atoms. The van der Waals surface area contributed by atoms with Crippen LogP contribution >= 0.6 is 0 Å². The molecule has 0 aliphatic rings. The molecule has 5 nitrogen and oxygen atoms in total. The molecule has 3 aromatic carbocycles. The Balaban J connectivity index is 1.35. The number of aromatic nitrogens is 5. The van der Waals surface area contributed by atoms with Crippen LogP contribution in [0.3, 0.4) is 0 Å². The highest BCUT2D eigenvalue weighted by Crippen LogP contribution is 2.34. The Kier molecular flexibility index (Phi) is 5.82. The first kappa shape index (κ1) is 23.8. The maximum Gasteiger partial charge on any atom is 0.160 e. The zero-order valence-corrected chi connectivity index (χ0v) is 22.2. The lowest BCUT2D eigenvalue weighted by Crippen LogP contribution is -1.97. The van der Waals surface area contributed by atoms with Crippen molar-refractivity contribution in [3.05, 3.63) is 127 Å². The van der Waals surface area contributed by atoms with Gasteiger partial charge in [-0.1, -0.05) is 78.9 Å². The fraction of sp³-hybridized carbons (Fsp3) is 0.0571. The molecule has 190 valence electrons. The first-order valence-electron chi connectivity index (χ1n) is 13.3. The smallest absolute Gasteiger partial charge is 0.160 e. The number of nitrogens with zero attached hydrogens (tertiary/aromatic N) is 5. The Labute approximate surface area is 232 Å². The van der Waals surface area contributed by atoms with Crippen LogP contribution in [-0.4, -0.2) is 24.9 Å². The van der Waals surface area contributed by atoms with Crippen molar-refractivity contribution in [2.24, 2.45) is 0 Å². The van der Waals surface area contributed by atoms with Gasteiger partial charge in [0.25, 0.3) is 0 Å². The second-order valence-electron chi connectivity index (χ2n) is 9.92. The van der Waals surface area contributed by atoms with Gasteiger partial charge in [0.15, 0.2) is 5.82 Å². The van der Waals surface area contributed by atoms with E-state index in [0.29, 0.717) is 5.82 Å². The van der Waals surface area contributed by atoms with Crippen LogP contribution in [0.25, 0.3) is 67.0 Å². The molecule has 0 atom stereocenters. The van der Waals surface area contributed by atoms with E-state index in [0.717, 1.165) is 72.5 Å². The Morgan fingerprint density at radius 3 is 2.00 bits per heavy atom. The number of rotatable bonds is 4. The molecular weight excluding hydrogens is 490 g/mol. The topological polar surface area (TPSA) is 64.5 Å². The first-order chi connectivity index (χ1) is 19.6. The van der Waals surface area contributed by atoms with Crippen molar-refractivity contribution in [1.29, 1.82) is 0 Å². The molecule has 0 amide bonds. The third kappa shape index (κ3) is 4.37. The van der Waals surface area contributed by atoms with Gasteiger partial charge in [-0.25, -0.2) is 9.97 Å². The largest absolute Gasteiger partial charge is 0.255 e. The molecule has 7 rings (SSSR count). The van der Waals surface area contributed by atoms with Gasteiger partial charge in [-0.2, -0.15) is 0 Å². The van der Waals surface area contributed by atoms with Gasteiger partial charge >= 0.3 is 0 Å².